The molecule has 0 radical (unpaired) electrons. The fourth-order valence-corrected chi connectivity index (χ4v) is 3.04. The van der Waals surface area contributed by atoms with Crippen molar-refractivity contribution in [2.45, 2.75) is 58.2 Å². The van der Waals surface area contributed by atoms with Crippen LogP contribution in [0.1, 0.15) is 45.1 Å². The van der Waals surface area contributed by atoms with Gasteiger partial charge in [0.15, 0.2) is 0 Å². The maximum atomic E-state index is 12.6. The molecule has 6 nitrogen and oxygen atoms in total. The summed E-state index contributed by atoms with van der Waals surface area (Å²) in [6.07, 6.45) is 3.28. The van der Waals surface area contributed by atoms with Gasteiger partial charge in [0.25, 0.3) is 0 Å². The van der Waals surface area contributed by atoms with Gasteiger partial charge in [-0.3, -0.25) is 9.59 Å². The zero-order valence-electron chi connectivity index (χ0n) is 16.0. The highest BCUT2D eigenvalue weighted by molar-refractivity contribution is 5.87. The molecule has 0 spiro atoms. The van der Waals surface area contributed by atoms with Crippen molar-refractivity contribution in [3.05, 3.63) is 29.8 Å². The Morgan fingerprint density at radius 1 is 1.35 bits per heavy atom. The Balaban J connectivity index is 2.01. The normalized spacial score (nSPS) is 17.6. The van der Waals surface area contributed by atoms with Crippen molar-refractivity contribution >= 4 is 11.8 Å². The van der Waals surface area contributed by atoms with Crippen molar-refractivity contribution < 1.29 is 19.1 Å². The third-order valence-electron chi connectivity index (χ3n) is 4.67. The molecule has 2 rings (SSSR count). The number of ether oxygens (including phenoxy) is 2. The summed E-state index contributed by atoms with van der Waals surface area (Å²) < 4.78 is 10.7. The molecule has 1 fully saturated rings. The highest BCUT2D eigenvalue weighted by Crippen LogP contribution is 2.16. The lowest BCUT2D eigenvalue weighted by Gasteiger charge is -2.29. The molecule has 1 aliphatic rings. The van der Waals surface area contributed by atoms with Crippen LogP contribution >= 0.6 is 0 Å². The van der Waals surface area contributed by atoms with E-state index in [2.05, 4.69) is 5.32 Å². The van der Waals surface area contributed by atoms with E-state index in [1.807, 2.05) is 31.2 Å². The number of carbonyl (C=O) groups excluding carboxylic acids is 2. The first-order valence-electron chi connectivity index (χ1n) is 9.36. The molecule has 1 aromatic rings. The summed E-state index contributed by atoms with van der Waals surface area (Å²) in [6, 6.07) is 7.03. The number of methoxy groups -OCH3 is 1. The number of nitrogens with zero attached hydrogens (tertiary/aromatic N) is 1. The van der Waals surface area contributed by atoms with E-state index in [-0.39, 0.29) is 17.9 Å². The minimum absolute atomic E-state index is 0.0110. The Hall–Kier alpha value is -2.08. The second-order valence-electron chi connectivity index (χ2n) is 6.68. The molecule has 0 unspecified atom stereocenters. The Morgan fingerprint density at radius 3 is 2.65 bits per heavy atom. The molecule has 1 aliphatic heterocycles. The van der Waals surface area contributed by atoms with Crippen LogP contribution in [-0.2, 0) is 20.9 Å². The van der Waals surface area contributed by atoms with Crippen LogP contribution in [0.4, 0.5) is 0 Å². The molecule has 1 heterocycles. The monoisotopic (exact) mass is 362 g/mol. The zero-order valence-corrected chi connectivity index (χ0v) is 16.0. The topological polar surface area (TPSA) is 67.9 Å². The lowest BCUT2D eigenvalue weighted by atomic mass is 10.1. The van der Waals surface area contributed by atoms with Gasteiger partial charge in [-0.15, -0.1) is 0 Å². The predicted molar refractivity (Wildman–Crippen MR) is 99.9 cm³/mol. The second kappa shape index (κ2) is 10.2. The maximum Gasteiger partial charge on any atom is 0.242 e. The fourth-order valence-electron chi connectivity index (χ4n) is 3.04. The maximum absolute atomic E-state index is 12.6. The molecule has 26 heavy (non-hydrogen) atoms. The van der Waals surface area contributed by atoms with Crippen molar-refractivity contribution in [3.63, 3.8) is 0 Å². The minimum atomic E-state index is -0.530. The molecule has 1 saturated heterocycles. The molecule has 1 aromatic carbocycles. The van der Waals surface area contributed by atoms with E-state index >= 15 is 0 Å². The van der Waals surface area contributed by atoms with E-state index in [0.29, 0.717) is 19.5 Å². The third-order valence-corrected chi connectivity index (χ3v) is 4.67. The first kappa shape index (κ1) is 20.2. The third kappa shape index (κ3) is 5.73. The largest absolute Gasteiger partial charge is 0.497 e. The van der Waals surface area contributed by atoms with Crippen molar-refractivity contribution in [2.75, 3.05) is 20.3 Å². The summed E-state index contributed by atoms with van der Waals surface area (Å²) >= 11 is 0. The number of rotatable bonds is 9. The first-order chi connectivity index (χ1) is 12.5. The zero-order chi connectivity index (χ0) is 18.9. The van der Waals surface area contributed by atoms with Crippen LogP contribution in [0.3, 0.4) is 0 Å². The Labute approximate surface area is 155 Å². The van der Waals surface area contributed by atoms with Crippen molar-refractivity contribution in [2.24, 2.45) is 0 Å². The quantitative estimate of drug-likeness (QED) is 0.733. The Morgan fingerprint density at radius 2 is 2.08 bits per heavy atom. The molecule has 1 N–H and O–H groups in total. The number of amides is 2. The van der Waals surface area contributed by atoms with Gasteiger partial charge < -0.3 is 19.7 Å². The van der Waals surface area contributed by atoms with Crippen LogP contribution in [0, 0.1) is 0 Å². The van der Waals surface area contributed by atoms with Crippen molar-refractivity contribution in [3.8, 4) is 5.75 Å². The van der Waals surface area contributed by atoms with E-state index in [0.717, 1.165) is 37.2 Å². The van der Waals surface area contributed by atoms with Gasteiger partial charge >= 0.3 is 0 Å². The van der Waals surface area contributed by atoms with E-state index < -0.39 is 6.04 Å². The molecule has 6 heteroatoms. The first-order valence-corrected chi connectivity index (χ1v) is 9.36. The molecule has 0 aromatic heterocycles. The molecular formula is C20H30N2O4. The van der Waals surface area contributed by atoms with E-state index in [9.17, 15) is 9.59 Å². The Kier molecular flexibility index (Phi) is 7.91. The summed E-state index contributed by atoms with van der Waals surface area (Å²) in [5.74, 6) is 0.615. The molecular weight excluding hydrogens is 332 g/mol. The molecule has 0 saturated carbocycles. The van der Waals surface area contributed by atoms with Gasteiger partial charge in [0.2, 0.25) is 11.8 Å². The molecule has 2 amide bonds. The molecule has 0 bridgehead atoms. The van der Waals surface area contributed by atoms with Gasteiger partial charge in [0, 0.05) is 26.1 Å². The lowest BCUT2D eigenvalue weighted by molar-refractivity contribution is -0.140. The van der Waals surface area contributed by atoms with Gasteiger partial charge in [0.05, 0.1) is 13.2 Å². The van der Waals surface area contributed by atoms with Gasteiger partial charge in [-0.1, -0.05) is 19.1 Å². The van der Waals surface area contributed by atoms with Crippen LogP contribution in [0.5, 0.6) is 5.75 Å². The van der Waals surface area contributed by atoms with Gasteiger partial charge in [0.1, 0.15) is 11.8 Å². The SMILES string of the molecule is CCCC(=O)N(Cc1ccc(OC)cc1)[C@H](C)C(=O)NC[C@@H]1CCCO1. The minimum Gasteiger partial charge on any atom is -0.497 e. The smallest absolute Gasteiger partial charge is 0.242 e. The van der Waals surface area contributed by atoms with Crippen molar-refractivity contribution in [1.82, 2.24) is 10.2 Å². The molecule has 144 valence electrons. The standard InChI is InChI=1S/C20H30N2O4/c1-4-6-19(23)22(14-16-8-10-17(25-3)11-9-16)15(2)20(24)21-13-18-7-5-12-26-18/h8-11,15,18H,4-7,12-14H2,1-3H3,(H,21,24)/t15-,18+/m1/s1. The highest BCUT2D eigenvalue weighted by Gasteiger charge is 2.26. The van der Waals surface area contributed by atoms with Crippen LogP contribution in [0.15, 0.2) is 24.3 Å². The average molecular weight is 362 g/mol. The summed E-state index contributed by atoms with van der Waals surface area (Å²) in [7, 11) is 1.62. The van der Waals surface area contributed by atoms with Gasteiger partial charge in [-0.2, -0.15) is 0 Å². The molecule has 0 aliphatic carbocycles. The average Bonchev–Trinajstić information content (AvgIpc) is 3.18. The van der Waals surface area contributed by atoms with Gasteiger partial charge in [-0.25, -0.2) is 0 Å². The highest BCUT2D eigenvalue weighted by atomic mass is 16.5. The van der Waals surface area contributed by atoms with Gasteiger partial charge in [-0.05, 0) is 43.9 Å². The number of hydrogen-bond donors (Lipinski definition) is 1. The lowest BCUT2D eigenvalue weighted by Crippen LogP contribution is -2.48. The summed E-state index contributed by atoms with van der Waals surface area (Å²) in [5.41, 5.74) is 0.967. The van der Waals surface area contributed by atoms with E-state index in [4.69, 9.17) is 9.47 Å². The van der Waals surface area contributed by atoms with Crippen molar-refractivity contribution in [1.29, 1.82) is 0 Å². The predicted octanol–water partition coefficient (Wildman–Crippen LogP) is 2.51. The number of benzene rings is 1. The second-order valence-corrected chi connectivity index (χ2v) is 6.68. The molecule has 2 atom stereocenters. The van der Waals surface area contributed by atoms with Crippen LogP contribution in [0.25, 0.3) is 0 Å². The van der Waals surface area contributed by atoms with Crippen LogP contribution < -0.4 is 10.1 Å². The summed E-state index contributed by atoms with van der Waals surface area (Å²) in [5, 5.41) is 2.93. The van der Waals surface area contributed by atoms with Crippen LogP contribution in [-0.4, -0.2) is 49.1 Å². The number of nitrogens with one attached hydrogen (secondary N) is 1. The number of hydrogen-bond acceptors (Lipinski definition) is 4. The van der Waals surface area contributed by atoms with E-state index in [1.54, 1.807) is 18.9 Å². The number of carbonyl (C=O) groups is 2. The van der Waals surface area contributed by atoms with Crippen LogP contribution in [0.2, 0.25) is 0 Å². The Bertz CT molecular complexity index is 582. The summed E-state index contributed by atoms with van der Waals surface area (Å²) in [4.78, 5) is 26.8. The summed E-state index contributed by atoms with van der Waals surface area (Å²) in [6.45, 7) is 5.40. The fraction of sp³-hybridized carbons (Fsp3) is 0.600. The van der Waals surface area contributed by atoms with E-state index in [1.165, 1.54) is 0 Å².